The maximum Gasteiger partial charge on any atom is 0.323 e. The summed E-state index contributed by atoms with van der Waals surface area (Å²) in [5.41, 5.74) is 6.44. The van der Waals surface area contributed by atoms with E-state index in [0.29, 0.717) is 24.0 Å². The van der Waals surface area contributed by atoms with Crippen LogP contribution in [-0.4, -0.2) is 83.2 Å². The minimum absolute atomic E-state index is 0.0559. The molecule has 2 atom stereocenters. The number of alkyl halides is 1. The highest BCUT2D eigenvalue weighted by Gasteiger charge is 2.40. The normalized spacial score (nSPS) is 18.9. The van der Waals surface area contributed by atoms with E-state index in [1.165, 1.54) is 22.9 Å². The van der Waals surface area contributed by atoms with E-state index in [2.05, 4.69) is 5.32 Å². The van der Waals surface area contributed by atoms with Gasteiger partial charge in [-0.1, -0.05) is 29.8 Å². The Kier molecular flexibility index (Phi) is 7.96. The zero-order chi connectivity index (χ0) is 29.4. The molecule has 216 valence electrons. The van der Waals surface area contributed by atoms with Gasteiger partial charge in [-0.2, -0.15) is 0 Å². The van der Waals surface area contributed by atoms with E-state index < -0.39 is 35.9 Å². The van der Waals surface area contributed by atoms with E-state index in [0.717, 1.165) is 4.90 Å². The molecule has 1 aromatic heterocycles. The van der Waals surface area contributed by atoms with Gasteiger partial charge in [-0.15, -0.1) is 0 Å². The van der Waals surface area contributed by atoms with Crippen LogP contribution in [0.25, 0.3) is 10.9 Å². The van der Waals surface area contributed by atoms with Crippen LogP contribution in [-0.2, 0) is 16.0 Å². The predicted octanol–water partition coefficient (Wildman–Crippen LogP) is 3.98. The monoisotopic (exact) mass is 587 g/mol. The van der Waals surface area contributed by atoms with Crippen molar-refractivity contribution in [3.8, 4) is 0 Å². The van der Waals surface area contributed by atoms with Gasteiger partial charge in [0.1, 0.15) is 12.0 Å². The van der Waals surface area contributed by atoms with Crippen molar-refractivity contribution in [3.05, 3.63) is 64.6 Å². The van der Waals surface area contributed by atoms with Gasteiger partial charge in [0.2, 0.25) is 0 Å². The Bertz CT molecular complexity index is 1540. The van der Waals surface area contributed by atoms with Gasteiger partial charge in [-0.25, -0.2) is 18.4 Å². The van der Waals surface area contributed by atoms with Crippen molar-refractivity contribution in [3.63, 3.8) is 0 Å². The molecule has 13 heteroatoms. The molecule has 3 heterocycles. The highest BCUT2D eigenvalue weighted by atomic mass is 35.5. The van der Waals surface area contributed by atoms with Crippen LogP contribution in [0.5, 0.6) is 0 Å². The Labute approximate surface area is 238 Å². The summed E-state index contributed by atoms with van der Waals surface area (Å²) in [5, 5.41) is 2.95. The molecule has 10 nitrogen and oxygen atoms in total. The van der Waals surface area contributed by atoms with Gasteiger partial charge >= 0.3 is 12.1 Å². The number of carbonyl (C=O) groups excluding carboxylic acids is 4. The molecule has 5 rings (SSSR count). The van der Waals surface area contributed by atoms with E-state index in [9.17, 15) is 28.0 Å². The number of nitrogens with zero attached hydrogens (tertiary/aromatic N) is 3. The first-order valence-corrected chi connectivity index (χ1v) is 13.4. The molecule has 0 bridgehead atoms. The SMILES string of the molecule is COC1CN(C(=O)c2cc(Cl)c(F)c(CCC(=O)[C@@H]3C[C@@H](F)CN3C(=O)Nc3cn(C(N)=O)c4ccccc34)c2)C1. The van der Waals surface area contributed by atoms with E-state index in [1.807, 2.05) is 0 Å². The number of rotatable bonds is 7. The van der Waals surface area contributed by atoms with Crippen LogP contribution in [0.2, 0.25) is 5.02 Å². The number of benzene rings is 2. The number of hydrogen-bond donors (Lipinski definition) is 2. The van der Waals surface area contributed by atoms with Crippen molar-refractivity contribution in [2.45, 2.75) is 37.6 Å². The van der Waals surface area contributed by atoms with E-state index >= 15 is 0 Å². The molecule has 0 radical (unpaired) electrons. The molecule has 2 aliphatic heterocycles. The second-order valence-corrected chi connectivity index (χ2v) is 10.6. The first-order chi connectivity index (χ1) is 19.6. The second kappa shape index (κ2) is 11.5. The summed E-state index contributed by atoms with van der Waals surface area (Å²) in [4.78, 5) is 53.6. The van der Waals surface area contributed by atoms with Gasteiger partial charge in [0, 0.05) is 50.2 Å². The molecule has 2 saturated heterocycles. The third-order valence-electron chi connectivity index (χ3n) is 7.53. The number of urea groups is 1. The number of primary amides is 1. The highest BCUT2D eigenvalue weighted by Crippen LogP contribution is 2.29. The van der Waals surface area contributed by atoms with Crippen molar-refractivity contribution >= 4 is 51.9 Å². The number of halogens is 3. The van der Waals surface area contributed by atoms with Crippen LogP contribution in [0.15, 0.2) is 42.6 Å². The third kappa shape index (κ3) is 5.62. The maximum atomic E-state index is 14.8. The van der Waals surface area contributed by atoms with Crippen LogP contribution in [0.4, 0.5) is 24.1 Å². The number of amides is 4. The molecule has 2 aromatic carbocycles. The molecule has 4 amide bonds. The van der Waals surface area contributed by atoms with Crippen LogP contribution in [0, 0.1) is 5.82 Å². The fourth-order valence-corrected chi connectivity index (χ4v) is 5.51. The summed E-state index contributed by atoms with van der Waals surface area (Å²) in [6, 6.07) is 6.83. The standard InChI is InChI=1S/C28H28ClF2N5O5/c1-41-18-12-34(13-18)26(38)16-8-15(25(31)20(29)9-16)6-7-24(37)23-10-17(30)11-36(23)28(40)33-21-14-35(27(32)39)22-5-3-2-4-19(21)22/h2-5,8-9,14,17-18,23H,6-7,10-13H2,1H3,(H2,32,39)(H,33,40)/t17-,23+/m1/s1. The summed E-state index contributed by atoms with van der Waals surface area (Å²) < 4.78 is 35.6. The van der Waals surface area contributed by atoms with Crippen molar-refractivity contribution < 1.29 is 32.7 Å². The van der Waals surface area contributed by atoms with Crippen molar-refractivity contribution in [1.82, 2.24) is 14.4 Å². The zero-order valence-electron chi connectivity index (χ0n) is 22.1. The Balaban J connectivity index is 1.28. The average molecular weight is 588 g/mol. The molecule has 0 saturated carbocycles. The van der Waals surface area contributed by atoms with Gasteiger partial charge in [-0.3, -0.25) is 14.2 Å². The van der Waals surface area contributed by atoms with E-state index in [-0.39, 0.29) is 59.7 Å². The molecule has 2 aliphatic rings. The van der Waals surface area contributed by atoms with Gasteiger partial charge in [-0.05, 0) is 30.2 Å². The van der Waals surface area contributed by atoms with Crippen LogP contribution < -0.4 is 11.1 Å². The quantitative estimate of drug-likeness (QED) is 0.432. The lowest BCUT2D eigenvalue weighted by Crippen LogP contribution is -2.54. The number of anilines is 1. The fraction of sp³-hybridized carbons (Fsp3) is 0.357. The number of aromatic nitrogens is 1. The highest BCUT2D eigenvalue weighted by molar-refractivity contribution is 6.31. The maximum absolute atomic E-state index is 14.8. The number of carbonyl (C=O) groups is 4. The van der Waals surface area contributed by atoms with E-state index in [1.54, 1.807) is 36.3 Å². The Morgan fingerprint density at radius 3 is 2.59 bits per heavy atom. The Morgan fingerprint density at radius 1 is 1.15 bits per heavy atom. The van der Waals surface area contributed by atoms with Crippen molar-refractivity contribution in [2.24, 2.45) is 5.73 Å². The summed E-state index contributed by atoms with van der Waals surface area (Å²) in [6.45, 7) is 0.509. The number of likely N-dealkylation sites (tertiary alicyclic amines) is 2. The molecule has 2 fully saturated rings. The number of methoxy groups -OCH3 is 1. The summed E-state index contributed by atoms with van der Waals surface area (Å²) in [5.74, 6) is -1.54. The second-order valence-electron chi connectivity index (χ2n) is 10.2. The van der Waals surface area contributed by atoms with Gasteiger partial charge < -0.3 is 25.6 Å². The molecule has 3 aromatic rings. The number of aryl methyl sites for hydroxylation is 1. The predicted molar refractivity (Wildman–Crippen MR) is 147 cm³/mol. The molecule has 41 heavy (non-hydrogen) atoms. The number of Topliss-reactive ketones (excluding diaryl/α,β-unsaturated/α-hetero) is 1. The Morgan fingerprint density at radius 2 is 1.88 bits per heavy atom. The first kappa shape index (κ1) is 28.5. The number of para-hydroxylation sites is 1. The molecule has 0 unspecified atom stereocenters. The lowest BCUT2D eigenvalue weighted by Gasteiger charge is -2.38. The lowest BCUT2D eigenvalue weighted by atomic mass is 9.99. The van der Waals surface area contributed by atoms with Gasteiger partial charge in [0.25, 0.3) is 5.91 Å². The topological polar surface area (TPSA) is 127 Å². The van der Waals surface area contributed by atoms with Crippen LogP contribution in [0.3, 0.4) is 0 Å². The van der Waals surface area contributed by atoms with Gasteiger partial charge in [0.15, 0.2) is 5.78 Å². The number of fused-ring (bicyclic) bond motifs is 1. The molecular formula is C28H28ClF2N5O5. The summed E-state index contributed by atoms with van der Waals surface area (Å²) in [7, 11) is 1.55. The zero-order valence-corrected chi connectivity index (χ0v) is 22.9. The smallest absolute Gasteiger partial charge is 0.323 e. The van der Waals surface area contributed by atoms with E-state index in [4.69, 9.17) is 22.1 Å². The Hall–Kier alpha value is -4.03. The number of nitrogens with one attached hydrogen (secondary N) is 1. The minimum Gasteiger partial charge on any atom is -0.378 e. The lowest BCUT2D eigenvalue weighted by molar-refractivity contribution is -0.122. The minimum atomic E-state index is -1.43. The summed E-state index contributed by atoms with van der Waals surface area (Å²) >= 11 is 6.05. The summed E-state index contributed by atoms with van der Waals surface area (Å²) in [6.07, 6.45) is -0.627. The largest absolute Gasteiger partial charge is 0.378 e. The number of ether oxygens (including phenoxy) is 1. The number of hydrogen-bond acceptors (Lipinski definition) is 5. The number of nitrogens with two attached hydrogens (primary N) is 1. The van der Waals surface area contributed by atoms with Gasteiger partial charge in [0.05, 0.1) is 34.9 Å². The van der Waals surface area contributed by atoms with Crippen molar-refractivity contribution in [2.75, 3.05) is 32.1 Å². The molecule has 0 spiro atoms. The average Bonchev–Trinajstić information content (AvgIpc) is 3.49. The van der Waals surface area contributed by atoms with Crippen molar-refractivity contribution in [1.29, 1.82) is 0 Å². The molecular weight excluding hydrogens is 560 g/mol. The molecule has 3 N–H and O–H groups in total. The number of ketones is 1. The van der Waals surface area contributed by atoms with Crippen LogP contribution in [0.1, 0.15) is 28.8 Å². The first-order valence-electron chi connectivity index (χ1n) is 13.0. The van der Waals surface area contributed by atoms with Crippen LogP contribution >= 0.6 is 11.6 Å². The third-order valence-corrected chi connectivity index (χ3v) is 7.81. The fourth-order valence-electron chi connectivity index (χ4n) is 5.27. The molecule has 0 aliphatic carbocycles.